The number of carbonyl (C=O) groups is 3. The van der Waals surface area contributed by atoms with E-state index in [2.05, 4.69) is 10.3 Å². The molecule has 2 heterocycles. The molecule has 2 aromatic rings. The summed E-state index contributed by atoms with van der Waals surface area (Å²) in [5.74, 6) is -0.367. The number of fused-ring (bicyclic) bond motifs is 1. The molecule has 1 aromatic carbocycles. The number of aromatic nitrogens is 1. The molecule has 1 aliphatic rings. The van der Waals surface area contributed by atoms with Crippen LogP contribution in [-0.2, 0) is 9.53 Å². The van der Waals surface area contributed by atoms with Crippen LogP contribution in [0.4, 0.5) is 5.69 Å². The van der Waals surface area contributed by atoms with E-state index >= 15 is 0 Å². The zero-order valence-corrected chi connectivity index (χ0v) is 20.3. The molecule has 182 valence electrons. The van der Waals surface area contributed by atoms with Crippen molar-refractivity contribution in [2.24, 2.45) is 5.92 Å². The average molecular weight is 469 g/mol. The first-order valence-corrected chi connectivity index (χ1v) is 11.3. The van der Waals surface area contributed by atoms with E-state index in [1.54, 1.807) is 66.6 Å². The second kappa shape index (κ2) is 11.1. The van der Waals surface area contributed by atoms with E-state index in [0.29, 0.717) is 35.8 Å². The topological polar surface area (TPSA) is 101 Å². The van der Waals surface area contributed by atoms with E-state index in [1.165, 1.54) is 6.92 Å². The summed E-state index contributed by atoms with van der Waals surface area (Å²) in [6, 6.07) is 9.84. The molecule has 0 saturated heterocycles. The lowest BCUT2D eigenvalue weighted by Gasteiger charge is -2.36. The van der Waals surface area contributed by atoms with Crippen LogP contribution in [0.5, 0.6) is 5.75 Å². The maximum atomic E-state index is 13.4. The molecular formula is C25H32N4O5. The van der Waals surface area contributed by atoms with Gasteiger partial charge in [0.25, 0.3) is 11.8 Å². The lowest BCUT2D eigenvalue weighted by Crippen LogP contribution is -2.48. The Morgan fingerprint density at radius 2 is 1.94 bits per heavy atom. The van der Waals surface area contributed by atoms with Gasteiger partial charge in [0.2, 0.25) is 5.91 Å². The smallest absolute Gasteiger partial charge is 0.272 e. The fourth-order valence-electron chi connectivity index (χ4n) is 3.97. The third kappa shape index (κ3) is 5.91. The Hall–Kier alpha value is -3.46. The fourth-order valence-corrected chi connectivity index (χ4v) is 3.97. The second-order valence-electron chi connectivity index (χ2n) is 8.66. The highest BCUT2D eigenvalue weighted by atomic mass is 16.5. The number of nitrogens with zero attached hydrogens (tertiary/aromatic N) is 3. The first kappa shape index (κ1) is 25.2. The normalized spacial score (nSPS) is 21.6. The number of hydrogen-bond acceptors (Lipinski definition) is 6. The number of methoxy groups -OCH3 is 1. The predicted octanol–water partition coefficient (Wildman–Crippen LogP) is 2.69. The van der Waals surface area contributed by atoms with E-state index in [4.69, 9.17) is 9.47 Å². The molecule has 9 heteroatoms. The average Bonchev–Trinajstić information content (AvgIpc) is 2.82. The molecule has 1 aromatic heterocycles. The number of anilines is 1. The van der Waals surface area contributed by atoms with Gasteiger partial charge in [-0.1, -0.05) is 13.0 Å². The van der Waals surface area contributed by atoms with E-state index in [-0.39, 0.29) is 42.4 Å². The number of nitrogens with one attached hydrogen (secondary N) is 1. The van der Waals surface area contributed by atoms with Gasteiger partial charge in [0.05, 0.1) is 17.7 Å². The number of likely N-dealkylation sites (N-methyl/N-ethyl adjacent to an activating group) is 1. The first-order valence-electron chi connectivity index (χ1n) is 11.3. The standard InChI is InChI=1S/C25H32N4O5/c1-16-13-29(25(32)21-8-6-7-11-26-21)17(2)15-34-22-12-19(27-18(3)30)9-10-20(22)24(31)28(4)14-23(16)33-5/h6-12,16-17,23H,13-15H2,1-5H3,(H,27,30)/t16-,17+,23+/m0/s1. The van der Waals surface area contributed by atoms with Crippen LogP contribution in [0, 0.1) is 5.92 Å². The summed E-state index contributed by atoms with van der Waals surface area (Å²) >= 11 is 0. The molecule has 1 N–H and O–H groups in total. The third-order valence-electron chi connectivity index (χ3n) is 5.91. The van der Waals surface area contributed by atoms with Crippen molar-refractivity contribution in [3.8, 4) is 5.75 Å². The number of hydrogen-bond donors (Lipinski definition) is 1. The van der Waals surface area contributed by atoms with Gasteiger partial charge in [0.1, 0.15) is 18.1 Å². The van der Waals surface area contributed by atoms with Crippen LogP contribution in [0.2, 0.25) is 0 Å². The lowest BCUT2D eigenvalue weighted by molar-refractivity contribution is -0.114. The van der Waals surface area contributed by atoms with Crippen molar-refractivity contribution in [1.82, 2.24) is 14.8 Å². The Labute approximate surface area is 200 Å². The molecule has 1 aliphatic heterocycles. The van der Waals surface area contributed by atoms with Gasteiger partial charge in [0, 0.05) is 58.0 Å². The van der Waals surface area contributed by atoms with Gasteiger partial charge in [-0.25, -0.2) is 0 Å². The zero-order chi connectivity index (χ0) is 24.8. The van der Waals surface area contributed by atoms with Crippen molar-refractivity contribution in [2.45, 2.75) is 32.9 Å². The molecule has 0 aliphatic carbocycles. The van der Waals surface area contributed by atoms with Gasteiger partial charge in [-0.05, 0) is 31.2 Å². The molecular weight excluding hydrogens is 436 g/mol. The SMILES string of the molecule is CO[C@@H]1CN(C)C(=O)c2ccc(NC(C)=O)cc2OC[C@@H](C)N(C(=O)c2ccccn2)C[C@@H]1C. The molecule has 3 rings (SSSR count). The predicted molar refractivity (Wildman–Crippen MR) is 128 cm³/mol. The van der Waals surface area contributed by atoms with Crippen molar-refractivity contribution in [2.75, 3.05) is 39.2 Å². The zero-order valence-electron chi connectivity index (χ0n) is 20.3. The summed E-state index contributed by atoms with van der Waals surface area (Å²) in [5, 5.41) is 2.71. The minimum absolute atomic E-state index is 0.0589. The molecule has 3 amide bonds. The van der Waals surface area contributed by atoms with Gasteiger partial charge in [-0.15, -0.1) is 0 Å². The van der Waals surface area contributed by atoms with Crippen LogP contribution < -0.4 is 10.1 Å². The number of pyridine rings is 1. The molecule has 9 nitrogen and oxygen atoms in total. The van der Waals surface area contributed by atoms with Crippen molar-refractivity contribution >= 4 is 23.4 Å². The Kier molecular flexibility index (Phi) is 8.22. The van der Waals surface area contributed by atoms with Gasteiger partial charge >= 0.3 is 0 Å². The highest BCUT2D eigenvalue weighted by Gasteiger charge is 2.31. The van der Waals surface area contributed by atoms with Crippen LogP contribution >= 0.6 is 0 Å². The van der Waals surface area contributed by atoms with Crippen LogP contribution in [-0.4, -0.2) is 78.5 Å². The largest absolute Gasteiger partial charge is 0.491 e. The molecule has 3 atom stereocenters. The Morgan fingerprint density at radius 3 is 2.59 bits per heavy atom. The Balaban J connectivity index is 2.00. The van der Waals surface area contributed by atoms with Gasteiger partial charge in [0.15, 0.2) is 0 Å². The summed E-state index contributed by atoms with van der Waals surface area (Å²) in [5.41, 5.74) is 1.24. The lowest BCUT2D eigenvalue weighted by atomic mass is 10.0. The van der Waals surface area contributed by atoms with Crippen molar-refractivity contribution < 1.29 is 23.9 Å². The molecule has 0 fully saturated rings. The summed E-state index contributed by atoms with van der Waals surface area (Å²) in [7, 11) is 3.31. The Bertz CT molecular complexity index is 1030. The molecule has 0 bridgehead atoms. The summed E-state index contributed by atoms with van der Waals surface area (Å²) < 4.78 is 11.8. The molecule has 0 radical (unpaired) electrons. The summed E-state index contributed by atoms with van der Waals surface area (Å²) in [4.78, 5) is 45.6. The third-order valence-corrected chi connectivity index (χ3v) is 5.91. The van der Waals surface area contributed by atoms with Crippen LogP contribution in [0.25, 0.3) is 0 Å². The van der Waals surface area contributed by atoms with Gasteiger partial charge in [-0.3, -0.25) is 19.4 Å². The fraction of sp³-hybridized carbons (Fsp3) is 0.440. The quantitative estimate of drug-likeness (QED) is 0.743. The van der Waals surface area contributed by atoms with Crippen molar-refractivity contribution in [1.29, 1.82) is 0 Å². The van der Waals surface area contributed by atoms with Gasteiger partial charge < -0.3 is 24.6 Å². The van der Waals surface area contributed by atoms with E-state index in [9.17, 15) is 14.4 Å². The molecule has 0 saturated carbocycles. The van der Waals surface area contributed by atoms with Crippen LogP contribution in [0.3, 0.4) is 0 Å². The maximum Gasteiger partial charge on any atom is 0.272 e. The monoisotopic (exact) mass is 468 g/mol. The Morgan fingerprint density at radius 1 is 1.18 bits per heavy atom. The number of rotatable bonds is 3. The van der Waals surface area contributed by atoms with E-state index < -0.39 is 0 Å². The highest BCUT2D eigenvalue weighted by Crippen LogP contribution is 2.27. The molecule has 0 unspecified atom stereocenters. The summed E-state index contributed by atoms with van der Waals surface area (Å²) in [6.45, 7) is 6.19. The van der Waals surface area contributed by atoms with Crippen molar-refractivity contribution in [3.63, 3.8) is 0 Å². The number of carbonyl (C=O) groups excluding carboxylic acids is 3. The molecule has 0 spiro atoms. The first-order chi connectivity index (χ1) is 16.2. The number of benzene rings is 1. The number of amides is 3. The van der Waals surface area contributed by atoms with Crippen LogP contribution in [0.1, 0.15) is 41.6 Å². The minimum atomic E-state index is -0.320. The van der Waals surface area contributed by atoms with Crippen molar-refractivity contribution in [3.05, 3.63) is 53.9 Å². The second-order valence-corrected chi connectivity index (χ2v) is 8.66. The minimum Gasteiger partial charge on any atom is -0.491 e. The highest BCUT2D eigenvalue weighted by molar-refractivity contribution is 5.98. The van der Waals surface area contributed by atoms with E-state index in [1.807, 2.05) is 13.8 Å². The van der Waals surface area contributed by atoms with Gasteiger partial charge in [-0.2, -0.15) is 0 Å². The van der Waals surface area contributed by atoms with Crippen LogP contribution in [0.15, 0.2) is 42.6 Å². The van der Waals surface area contributed by atoms with E-state index in [0.717, 1.165) is 0 Å². The number of ether oxygens (including phenoxy) is 2. The summed E-state index contributed by atoms with van der Waals surface area (Å²) in [6.07, 6.45) is 1.30. The maximum absolute atomic E-state index is 13.4. The molecule has 34 heavy (non-hydrogen) atoms.